The third-order valence-electron chi connectivity index (χ3n) is 3.89. The summed E-state index contributed by atoms with van der Waals surface area (Å²) in [5, 5.41) is 13.5. The van der Waals surface area contributed by atoms with Gasteiger partial charge in [0.15, 0.2) is 0 Å². The van der Waals surface area contributed by atoms with Crippen LogP contribution in [-0.2, 0) is 4.74 Å². The predicted octanol–water partition coefficient (Wildman–Crippen LogP) is 1.08. The van der Waals surface area contributed by atoms with Gasteiger partial charge in [-0.05, 0) is 30.9 Å². The normalized spacial score (nSPS) is 26.1. The molecular formula is C13H20ClN5O2. The number of rotatable bonds is 4. The van der Waals surface area contributed by atoms with Gasteiger partial charge >= 0.3 is 0 Å². The summed E-state index contributed by atoms with van der Waals surface area (Å²) in [6.07, 6.45) is 4.14. The number of nitrogens with zero attached hydrogens (tertiary/aromatic N) is 4. The van der Waals surface area contributed by atoms with Crippen molar-refractivity contribution in [2.75, 3.05) is 43.1 Å². The van der Waals surface area contributed by atoms with Crippen LogP contribution in [-0.4, -0.2) is 58.5 Å². The lowest BCUT2D eigenvalue weighted by molar-refractivity contribution is 0.0380. The van der Waals surface area contributed by atoms with Gasteiger partial charge in [0.1, 0.15) is 5.60 Å². The molecule has 0 radical (unpaired) electrons. The van der Waals surface area contributed by atoms with Crippen molar-refractivity contribution in [3.8, 4) is 0 Å². The lowest BCUT2D eigenvalue weighted by atomic mass is 10.0. The lowest BCUT2D eigenvalue weighted by Gasteiger charge is -2.27. The van der Waals surface area contributed by atoms with Gasteiger partial charge in [0.2, 0.25) is 17.2 Å². The second-order valence-corrected chi connectivity index (χ2v) is 5.99. The third-order valence-corrected chi connectivity index (χ3v) is 4.06. The van der Waals surface area contributed by atoms with Gasteiger partial charge in [0.25, 0.3) is 0 Å². The number of nitrogens with one attached hydrogen (secondary N) is 1. The Labute approximate surface area is 128 Å². The molecule has 0 aliphatic carbocycles. The maximum Gasteiger partial charge on any atom is 0.231 e. The maximum absolute atomic E-state index is 10.2. The summed E-state index contributed by atoms with van der Waals surface area (Å²) >= 11 is 5.98. The van der Waals surface area contributed by atoms with Crippen LogP contribution in [0.3, 0.4) is 0 Å². The van der Waals surface area contributed by atoms with E-state index in [1.807, 2.05) is 0 Å². The molecular weight excluding hydrogens is 294 g/mol. The number of aromatic nitrogens is 3. The molecule has 21 heavy (non-hydrogen) atoms. The highest BCUT2D eigenvalue weighted by Gasteiger charge is 2.32. The first kappa shape index (κ1) is 14.7. The van der Waals surface area contributed by atoms with E-state index in [0.29, 0.717) is 38.1 Å². The van der Waals surface area contributed by atoms with Crippen molar-refractivity contribution in [2.45, 2.75) is 31.3 Å². The van der Waals surface area contributed by atoms with E-state index in [-0.39, 0.29) is 5.28 Å². The Morgan fingerprint density at radius 1 is 1.24 bits per heavy atom. The van der Waals surface area contributed by atoms with E-state index in [1.165, 1.54) is 6.42 Å². The fourth-order valence-electron chi connectivity index (χ4n) is 2.63. The molecule has 7 nitrogen and oxygen atoms in total. The highest BCUT2D eigenvalue weighted by molar-refractivity contribution is 6.28. The monoisotopic (exact) mass is 313 g/mol. The van der Waals surface area contributed by atoms with Gasteiger partial charge in [-0.25, -0.2) is 0 Å². The number of hydrogen-bond donors (Lipinski definition) is 2. The Morgan fingerprint density at radius 3 is 2.76 bits per heavy atom. The lowest BCUT2D eigenvalue weighted by Crippen LogP contribution is -2.38. The third kappa shape index (κ3) is 3.72. The second-order valence-electron chi connectivity index (χ2n) is 5.66. The molecule has 2 aliphatic heterocycles. The number of ether oxygens (including phenoxy) is 1. The summed E-state index contributed by atoms with van der Waals surface area (Å²) in [6.45, 7) is 3.13. The van der Waals surface area contributed by atoms with Gasteiger partial charge in [-0.15, -0.1) is 0 Å². The fraction of sp³-hybridized carbons (Fsp3) is 0.769. The van der Waals surface area contributed by atoms with Crippen molar-refractivity contribution < 1.29 is 9.84 Å². The topological polar surface area (TPSA) is 83.4 Å². The number of aliphatic hydroxyl groups is 1. The van der Waals surface area contributed by atoms with E-state index >= 15 is 0 Å². The highest BCUT2D eigenvalue weighted by Crippen LogP contribution is 2.21. The van der Waals surface area contributed by atoms with E-state index in [1.54, 1.807) is 0 Å². The summed E-state index contributed by atoms with van der Waals surface area (Å²) in [6, 6.07) is 0. The summed E-state index contributed by atoms with van der Waals surface area (Å²) in [4.78, 5) is 14.8. The van der Waals surface area contributed by atoms with Crippen LogP contribution in [0.5, 0.6) is 0 Å². The van der Waals surface area contributed by atoms with Crippen molar-refractivity contribution >= 4 is 23.5 Å². The number of halogens is 1. The Balaban J connectivity index is 1.68. The Bertz CT molecular complexity index is 489. The zero-order valence-electron chi connectivity index (χ0n) is 11.9. The van der Waals surface area contributed by atoms with E-state index in [9.17, 15) is 5.11 Å². The van der Waals surface area contributed by atoms with E-state index < -0.39 is 5.60 Å². The van der Waals surface area contributed by atoms with E-state index in [2.05, 4.69) is 25.2 Å². The molecule has 1 aromatic heterocycles. The van der Waals surface area contributed by atoms with Crippen molar-refractivity contribution in [2.24, 2.45) is 0 Å². The van der Waals surface area contributed by atoms with Gasteiger partial charge in [-0.2, -0.15) is 15.0 Å². The van der Waals surface area contributed by atoms with E-state index in [4.69, 9.17) is 16.3 Å². The molecule has 0 saturated carbocycles. The zero-order valence-corrected chi connectivity index (χ0v) is 12.6. The van der Waals surface area contributed by atoms with Crippen LogP contribution in [0.1, 0.15) is 25.7 Å². The molecule has 8 heteroatoms. The number of hydrogen-bond acceptors (Lipinski definition) is 7. The first-order chi connectivity index (χ1) is 10.1. The Kier molecular flexibility index (Phi) is 4.42. The smallest absolute Gasteiger partial charge is 0.231 e. The first-order valence-corrected chi connectivity index (χ1v) is 7.73. The van der Waals surface area contributed by atoms with E-state index in [0.717, 1.165) is 25.9 Å². The molecule has 1 unspecified atom stereocenters. The minimum absolute atomic E-state index is 0.169. The van der Waals surface area contributed by atoms with Crippen LogP contribution in [0.15, 0.2) is 0 Å². The standard InChI is InChI=1S/C13H20ClN5O2/c14-10-16-11(15-8-13(20)4-7-21-9-13)18-12(17-10)19-5-2-1-3-6-19/h20H,1-9H2,(H,15,16,17,18). The second kappa shape index (κ2) is 6.29. The van der Waals surface area contributed by atoms with Crippen LogP contribution >= 0.6 is 11.6 Å². The Hall–Kier alpha value is -1.18. The summed E-state index contributed by atoms with van der Waals surface area (Å²) < 4.78 is 5.21. The molecule has 1 aromatic rings. The van der Waals surface area contributed by atoms with Crippen molar-refractivity contribution in [1.82, 2.24) is 15.0 Å². The molecule has 2 saturated heterocycles. The van der Waals surface area contributed by atoms with Crippen molar-refractivity contribution in [3.05, 3.63) is 5.28 Å². The molecule has 3 rings (SSSR count). The van der Waals surface area contributed by atoms with Crippen LogP contribution in [0.4, 0.5) is 11.9 Å². The van der Waals surface area contributed by atoms with Gasteiger partial charge in [0, 0.05) is 32.7 Å². The molecule has 2 aliphatic rings. The molecule has 1 atom stereocenters. The van der Waals surface area contributed by atoms with Gasteiger partial charge in [-0.1, -0.05) is 0 Å². The maximum atomic E-state index is 10.2. The minimum Gasteiger partial charge on any atom is -0.386 e. The number of piperidine rings is 1. The summed E-state index contributed by atoms with van der Waals surface area (Å²) in [5.41, 5.74) is -0.857. The van der Waals surface area contributed by atoms with Gasteiger partial charge in [0.05, 0.1) is 6.61 Å². The van der Waals surface area contributed by atoms with Gasteiger partial charge < -0.3 is 20.1 Å². The summed E-state index contributed by atoms with van der Waals surface area (Å²) in [7, 11) is 0. The number of anilines is 2. The zero-order chi connectivity index (χ0) is 14.7. The molecule has 0 aromatic carbocycles. The van der Waals surface area contributed by atoms with Crippen LogP contribution in [0.25, 0.3) is 0 Å². The summed E-state index contributed by atoms with van der Waals surface area (Å²) in [5.74, 6) is 1.00. The average Bonchev–Trinajstić information content (AvgIpc) is 2.93. The molecule has 0 bridgehead atoms. The molecule has 116 valence electrons. The Morgan fingerprint density at radius 2 is 2.05 bits per heavy atom. The largest absolute Gasteiger partial charge is 0.386 e. The van der Waals surface area contributed by atoms with Gasteiger partial charge in [-0.3, -0.25) is 0 Å². The molecule has 0 amide bonds. The molecule has 3 heterocycles. The van der Waals surface area contributed by atoms with Crippen LogP contribution < -0.4 is 10.2 Å². The van der Waals surface area contributed by atoms with Crippen molar-refractivity contribution in [3.63, 3.8) is 0 Å². The fourth-order valence-corrected chi connectivity index (χ4v) is 2.79. The molecule has 0 spiro atoms. The van der Waals surface area contributed by atoms with Crippen molar-refractivity contribution in [1.29, 1.82) is 0 Å². The molecule has 2 fully saturated rings. The first-order valence-electron chi connectivity index (χ1n) is 7.35. The van der Waals surface area contributed by atoms with Crippen LogP contribution in [0.2, 0.25) is 5.28 Å². The highest BCUT2D eigenvalue weighted by atomic mass is 35.5. The predicted molar refractivity (Wildman–Crippen MR) is 79.8 cm³/mol. The molecule has 2 N–H and O–H groups in total. The SMILES string of the molecule is OC1(CNc2nc(Cl)nc(N3CCCCC3)n2)CCOC1. The average molecular weight is 314 g/mol. The quantitative estimate of drug-likeness (QED) is 0.860. The minimum atomic E-state index is -0.857. The van der Waals surface area contributed by atoms with Crippen LogP contribution in [0, 0.1) is 0 Å².